The van der Waals surface area contributed by atoms with E-state index in [0.717, 1.165) is 44.7 Å². The number of fused-ring (bicyclic) bond motifs is 3. The van der Waals surface area contributed by atoms with Gasteiger partial charge in [0.05, 0.1) is 5.30 Å². The van der Waals surface area contributed by atoms with Gasteiger partial charge in [0, 0.05) is 22.5 Å². The first-order chi connectivity index (χ1) is 15.7. The number of para-hydroxylation sites is 1. The average Bonchev–Trinajstić information content (AvgIpc) is 2.83. The lowest BCUT2D eigenvalue weighted by atomic mass is 9.96. The van der Waals surface area contributed by atoms with Crippen molar-refractivity contribution in [2.24, 2.45) is 0 Å². The topological polar surface area (TPSA) is 38.3 Å². The normalized spacial score (nSPS) is 14.7. The van der Waals surface area contributed by atoms with Crippen molar-refractivity contribution in [3.8, 4) is 28.0 Å². The summed E-state index contributed by atoms with van der Waals surface area (Å²) < 4.78 is 19.7. The summed E-state index contributed by atoms with van der Waals surface area (Å²) in [4.78, 5) is 0. The molecule has 5 heteroatoms. The Morgan fingerprint density at radius 2 is 1.66 bits per heavy atom. The molecule has 0 amide bonds. The van der Waals surface area contributed by atoms with Crippen LogP contribution in [0.15, 0.2) is 91.0 Å². The van der Waals surface area contributed by atoms with Gasteiger partial charge in [-0.05, 0) is 54.8 Å². The molecule has 3 nitrogen and oxygen atoms in total. The molecule has 0 spiro atoms. The molecular formula is C27H24NO2P2+. The molecular weight excluding hydrogens is 432 g/mol. The summed E-state index contributed by atoms with van der Waals surface area (Å²) in [6.45, 7) is 4.06. The molecule has 32 heavy (non-hydrogen) atoms. The standard InChI is InChI=1S/C27H24NO2P2/c1-3-31(29)32-27-22(20-11-5-4-6-12-20)16-17-24(28-21-13-9-10-19(2)18-21)26(27)23-14-7-8-15-25(23)30-32/h4-18,28H,3H2,1-2H3/q+1. The summed E-state index contributed by atoms with van der Waals surface area (Å²) in [5, 5.41) is 4.69. The zero-order valence-corrected chi connectivity index (χ0v) is 19.9. The molecule has 4 aromatic carbocycles. The molecule has 0 aromatic heterocycles. The van der Waals surface area contributed by atoms with Gasteiger partial charge in [0.1, 0.15) is 11.9 Å². The smallest absolute Gasteiger partial charge is 0.403 e. The van der Waals surface area contributed by atoms with Crippen LogP contribution in [0.5, 0.6) is 5.75 Å². The number of nitrogens with one attached hydrogen (secondary N) is 1. The predicted octanol–water partition coefficient (Wildman–Crippen LogP) is 8.25. The van der Waals surface area contributed by atoms with Crippen molar-refractivity contribution in [2.75, 3.05) is 11.5 Å². The predicted molar refractivity (Wildman–Crippen MR) is 137 cm³/mol. The van der Waals surface area contributed by atoms with E-state index in [-0.39, 0.29) is 0 Å². The SMILES string of the molecule is CC[P+](=O)P1Oc2ccccc2-c2c(Nc3cccc(C)c3)ccc(-c3ccccc3)c21. The summed E-state index contributed by atoms with van der Waals surface area (Å²) >= 11 is 0. The van der Waals surface area contributed by atoms with E-state index >= 15 is 0 Å². The summed E-state index contributed by atoms with van der Waals surface area (Å²) in [6, 6.07) is 31.0. The van der Waals surface area contributed by atoms with Gasteiger partial charge in [-0.1, -0.05) is 71.3 Å². The number of hydrogen-bond donors (Lipinski definition) is 1. The second-order valence-corrected chi connectivity index (χ2v) is 12.7. The number of benzene rings is 4. The Bertz CT molecular complexity index is 1300. The van der Waals surface area contributed by atoms with Crippen molar-refractivity contribution >= 4 is 32.0 Å². The first kappa shape index (κ1) is 20.9. The highest BCUT2D eigenvalue weighted by Crippen LogP contribution is 2.66. The van der Waals surface area contributed by atoms with Crippen LogP contribution in [0.25, 0.3) is 22.3 Å². The van der Waals surface area contributed by atoms with Gasteiger partial charge in [0.2, 0.25) is 0 Å². The number of rotatable bonds is 5. The van der Waals surface area contributed by atoms with E-state index in [1.165, 1.54) is 5.56 Å². The Morgan fingerprint density at radius 3 is 2.44 bits per heavy atom. The third kappa shape index (κ3) is 3.84. The maximum Gasteiger partial charge on any atom is 0.403 e. The molecule has 0 aliphatic carbocycles. The number of hydrogen-bond acceptors (Lipinski definition) is 3. The monoisotopic (exact) mass is 456 g/mol. The lowest BCUT2D eigenvalue weighted by Crippen LogP contribution is -2.17. The Morgan fingerprint density at radius 1 is 0.875 bits per heavy atom. The largest absolute Gasteiger partial charge is 0.428 e. The van der Waals surface area contributed by atoms with E-state index in [1.54, 1.807) is 0 Å². The van der Waals surface area contributed by atoms with Crippen LogP contribution in [-0.4, -0.2) is 6.16 Å². The molecule has 1 aliphatic heterocycles. The van der Waals surface area contributed by atoms with Gasteiger partial charge in [-0.15, -0.1) is 0 Å². The van der Waals surface area contributed by atoms with Crippen LogP contribution in [0, 0.1) is 6.92 Å². The van der Waals surface area contributed by atoms with E-state index in [9.17, 15) is 4.57 Å². The van der Waals surface area contributed by atoms with Crippen molar-refractivity contribution in [1.29, 1.82) is 0 Å². The first-order valence-electron chi connectivity index (χ1n) is 10.7. The fraction of sp³-hybridized carbons (Fsp3) is 0.111. The minimum absolute atomic E-state index is 0.590. The Labute approximate surface area is 191 Å². The fourth-order valence-corrected chi connectivity index (χ4v) is 8.52. The highest BCUT2D eigenvalue weighted by Gasteiger charge is 2.44. The molecule has 1 N–H and O–H groups in total. The van der Waals surface area contributed by atoms with Gasteiger partial charge in [-0.25, -0.2) is 0 Å². The summed E-state index contributed by atoms with van der Waals surface area (Å²) in [7, 11) is -2.83. The lowest BCUT2D eigenvalue weighted by Gasteiger charge is -2.26. The molecule has 0 bridgehead atoms. The van der Waals surface area contributed by atoms with Crippen LogP contribution in [0.3, 0.4) is 0 Å². The van der Waals surface area contributed by atoms with Crippen molar-refractivity contribution in [2.45, 2.75) is 13.8 Å². The van der Waals surface area contributed by atoms with E-state index in [2.05, 4.69) is 66.8 Å². The van der Waals surface area contributed by atoms with Crippen LogP contribution >= 0.6 is 15.3 Å². The van der Waals surface area contributed by atoms with Crippen molar-refractivity contribution in [1.82, 2.24) is 0 Å². The molecule has 0 saturated carbocycles. The Balaban J connectivity index is 1.79. The average molecular weight is 456 g/mol. The molecule has 1 heterocycles. The van der Waals surface area contributed by atoms with Gasteiger partial charge >= 0.3 is 15.3 Å². The molecule has 0 fully saturated rings. The third-order valence-corrected chi connectivity index (χ3v) is 10.6. The second-order valence-electron chi connectivity index (χ2n) is 7.77. The first-order valence-corrected chi connectivity index (χ1v) is 14.1. The van der Waals surface area contributed by atoms with Gasteiger partial charge in [0.15, 0.2) is 0 Å². The summed E-state index contributed by atoms with van der Waals surface area (Å²) in [5.74, 6) is 0.806. The van der Waals surface area contributed by atoms with Crippen molar-refractivity contribution in [3.05, 3.63) is 96.6 Å². The minimum Gasteiger partial charge on any atom is -0.428 e. The maximum atomic E-state index is 13.3. The van der Waals surface area contributed by atoms with Crippen LogP contribution in [-0.2, 0) is 4.57 Å². The molecule has 4 aromatic rings. The Hall–Kier alpha value is -2.99. The summed E-state index contributed by atoms with van der Waals surface area (Å²) in [6.07, 6.45) is 0.590. The van der Waals surface area contributed by atoms with Crippen molar-refractivity contribution < 1.29 is 9.09 Å². The molecule has 2 unspecified atom stereocenters. The number of aryl methyl sites for hydroxylation is 1. The highest BCUT2D eigenvalue weighted by molar-refractivity contribution is 8.25. The quantitative estimate of drug-likeness (QED) is 0.307. The maximum absolute atomic E-state index is 13.3. The summed E-state index contributed by atoms with van der Waals surface area (Å²) in [5.41, 5.74) is 7.57. The van der Waals surface area contributed by atoms with E-state index in [4.69, 9.17) is 4.52 Å². The van der Waals surface area contributed by atoms with E-state index < -0.39 is 15.3 Å². The third-order valence-electron chi connectivity index (χ3n) is 5.57. The van der Waals surface area contributed by atoms with Gasteiger partial charge < -0.3 is 9.84 Å². The molecule has 1 aliphatic rings. The fourth-order valence-electron chi connectivity index (χ4n) is 4.07. The Kier molecular flexibility index (Phi) is 5.79. The zero-order valence-electron chi connectivity index (χ0n) is 18.1. The molecule has 0 radical (unpaired) electrons. The van der Waals surface area contributed by atoms with Crippen molar-refractivity contribution in [3.63, 3.8) is 0 Å². The van der Waals surface area contributed by atoms with Crippen LogP contribution in [0.1, 0.15) is 12.5 Å². The lowest BCUT2D eigenvalue weighted by molar-refractivity contribution is 0.588. The van der Waals surface area contributed by atoms with Gasteiger partial charge in [0.25, 0.3) is 0 Å². The second kappa shape index (κ2) is 8.87. The minimum atomic E-state index is -1.53. The van der Waals surface area contributed by atoms with Gasteiger partial charge in [-0.3, -0.25) is 0 Å². The number of anilines is 2. The zero-order chi connectivity index (χ0) is 22.1. The molecule has 0 saturated heterocycles. The molecule has 5 rings (SSSR count). The van der Waals surface area contributed by atoms with Crippen LogP contribution < -0.4 is 15.1 Å². The van der Waals surface area contributed by atoms with E-state index in [0.29, 0.717) is 6.16 Å². The molecule has 158 valence electrons. The van der Waals surface area contributed by atoms with Crippen LogP contribution in [0.2, 0.25) is 0 Å². The highest BCUT2D eigenvalue weighted by atomic mass is 32.1. The van der Waals surface area contributed by atoms with Crippen LogP contribution in [0.4, 0.5) is 11.4 Å². The molecule has 2 atom stereocenters. The van der Waals surface area contributed by atoms with E-state index in [1.807, 2.05) is 43.3 Å². The van der Waals surface area contributed by atoms with Gasteiger partial charge in [-0.2, -0.15) is 0 Å².